The zero-order valence-electron chi connectivity index (χ0n) is 15.8. The topological polar surface area (TPSA) is 72.6 Å². The molecule has 1 saturated heterocycles. The van der Waals surface area contributed by atoms with Crippen LogP contribution < -0.4 is 4.74 Å². The van der Waals surface area contributed by atoms with Gasteiger partial charge in [-0.2, -0.15) is 10.1 Å². The molecule has 10 heteroatoms. The van der Waals surface area contributed by atoms with E-state index in [0.29, 0.717) is 28.5 Å². The second-order valence-electron chi connectivity index (χ2n) is 7.09. The van der Waals surface area contributed by atoms with Gasteiger partial charge in [0.15, 0.2) is 0 Å². The first-order valence-electron chi connectivity index (χ1n) is 8.95. The molecule has 0 saturated carbocycles. The Morgan fingerprint density at radius 2 is 2.14 bits per heavy atom. The quantitative estimate of drug-likeness (QED) is 0.503. The number of rotatable bonds is 3. The smallest absolute Gasteiger partial charge is 0.266 e. The van der Waals surface area contributed by atoms with Crippen LogP contribution in [0, 0.1) is 10.5 Å². The molecule has 3 aromatic rings. The fourth-order valence-electron chi connectivity index (χ4n) is 3.68. The van der Waals surface area contributed by atoms with Gasteiger partial charge in [-0.3, -0.25) is 4.79 Å². The molecule has 4 rings (SSSR count). The summed E-state index contributed by atoms with van der Waals surface area (Å²) in [6.45, 7) is 1.33. The van der Waals surface area contributed by atoms with Gasteiger partial charge < -0.3 is 9.64 Å². The van der Waals surface area contributed by atoms with E-state index in [2.05, 4.69) is 37.7 Å². The van der Waals surface area contributed by atoms with Crippen molar-refractivity contribution >= 4 is 34.3 Å². The molecular formula is C19H18F2IN5O2. The lowest BCUT2D eigenvalue weighted by Gasteiger charge is -2.37. The Kier molecular flexibility index (Phi) is 5.13. The van der Waals surface area contributed by atoms with Crippen LogP contribution in [0.15, 0.2) is 30.6 Å². The first kappa shape index (κ1) is 19.9. The number of ether oxygens (including phenoxy) is 1. The molecule has 3 heterocycles. The molecule has 1 fully saturated rings. The van der Waals surface area contributed by atoms with Crippen molar-refractivity contribution in [1.29, 1.82) is 0 Å². The van der Waals surface area contributed by atoms with Crippen molar-refractivity contribution in [2.75, 3.05) is 20.2 Å². The molecule has 0 radical (unpaired) electrons. The number of nitrogens with zero attached hydrogens (tertiary/aromatic N) is 5. The van der Waals surface area contributed by atoms with E-state index in [1.165, 1.54) is 22.9 Å². The van der Waals surface area contributed by atoms with Crippen molar-refractivity contribution in [3.05, 3.63) is 51.1 Å². The maximum Gasteiger partial charge on any atom is 0.266 e. The fourth-order valence-corrected chi connectivity index (χ4v) is 4.42. The van der Waals surface area contributed by atoms with Gasteiger partial charge in [0.05, 0.1) is 22.9 Å². The monoisotopic (exact) mass is 513 g/mol. The van der Waals surface area contributed by atoms with Crippen molar-refractivity contribution in [1.82, 2.24) is 24.5 Å². The van der Waals surface area contributed by atoms with Crippen molar-refractivity contribution in [3.63, 3.8) is 0 Å². The predicted molar refractivity (Wildman–Crippen MR) is 109 cm³/mol. The van der Waals surface area contributed by atoms with Crippen LogP contribution in [0.1, 0.15) is 34.1 Å². The van der Waals surface area contributed by atoms with Gasteiger partial charge >= 0.3 is 0 Å². The standard InChI is InChI=1S/C19H18F2IN5O2/c1-11-5-15(27-18(25-11)23-10-24-27)13-7-19(20,21)9-26(8-13)17(28)12-3-4-16(29-2)14(22)6-12/h3-6,10,13H,7-9H2,1-2H3. The molecule has 7 nitrogen and oxygen atoms in total. The molecule has 0 bridgehead atoms. The van der Waals surface area contributed by atoms with Crippen LogP contribution >= 0.6 is 22.6 Å². The highest BCUT2D eigenvalue weighted by Crippen LogP contribution is 2.37. The van der Waals surface area contributed by atoms with Crippen molar-refractivity contribution in [2.24, 2.45) is 0 Å². The number of hydrogen-bond acceptors (Lipinski definition) is 5. The summed E-state index contributed by atoms with van der Waals surface area (Å²) in [5.74, 6) is -3.05. The Morgan fingerprint density at radius 1 is 1.34 bits per heavy atom. The number of alkyl halides is 2. The Balaban J connectivity index is 1.68. The number of aryl methyl sites for hydroxylation is 1. The number of hydrogen-bond donors (Lipinski definition) is 0. The van der Waals surface area contributed by atoms with Crippen molar-refractivity contribution < 1.29 is 18.3 Å². The van der Waals surface area contributed by atoms with Gasteiger partial charge in [0.2, 0.25) is 0 Å². The molecule has 152 valence electrons. The Hall–Kier alpha value is -2.37. The molecule has 0 N–H and O–H groups in total. The van der Waals surface area contributed by atoms with E-state index in [1.807, 2.05) is 0 Å². The summed E-state index contributed by atoms with van der Waals surface area (Å²) in [4.78, 5) is 22.5. The third-order valence-electron chi connectivity index (χ3n) is 4.92. The van der Waals surface area contributed by atoms with Gasteiger partial charge in [0, 0.05) is 30.1 Å². The van der Waals surface area contributed by atoms with Gasteiger partial charge in [-0.15, -0.1) is 0 Å². The minimum atomic E-state index is -3.01. The van der Waals surface area contributed by atoms with E-state index in [1.54, 1.807) is 31.2 Å². The van der Waals surface area contributed by atoms with Crippen LogP contribution in [0.3, 0.4) is 0 Å². The third-order valence-corrected chi connectivity index (χ3v) is 5.76. The number of likely N-dealkylation sites (tertiary alicyclic amines) is 1. The number of benzene rings is 1. The first-order valence-corrected chi connectivity index (χ1v) is 10.0. The summed E-state index contributed by atoms with van der Waals surface area (Å²) >= 11 is 2.05. The number of fused-ring (bicyclic) bond motifs is 1. The molecule has 1 aliphatic rings. The number of halogens is 3. The third kappa shape index (κ3) is 3.89. The average molecular weight is 513 g/mol. The summed E-state index contributed by atoms with van der Waals surface area (Å²) in [6.07, 6.45) is 0.976. The van der Waals surface area contributed by atoms with Crippen LogP contribution in [-0.4, -0.2) is 56.5 Å². The lowest BCUT2D eigenvalue weighted by Crippen LogP contribution is -2.49. The zero-order valence-corrected chi connectivity index (χ0v) is 17.9. The van der Waals surface area contributed by atoms with E-state index >= 15 is 0 Å². The zero-order chi connectivity index (χ0) is 20.8. The van der Waals surface area contributed by atoms with Crippen molar-refractivity contribution in [3.8, 4) is 5.75 Å². The van der Waals surface area contributed by atoms with E-state index in [9.17, 15) is 13.6 Å². The Bertz CT molecular complexity index is 1090. The number of amides is 1. The molecule has 1 aliphatic heterocycles. The normalized spacial score (nSPS) is 18.8. The summed E-state index contributed by atoms with van der Waals surface area (Å²) < 4.78 is 36.6. The lowest BCUT2D eigenvalue weighted by atomic mass is 9.91. The molecule has 0 spiro atoms. The van der Waals surface area contributed by atoms with Crippen LogP contribution in [-0.2, 0) is 0 Å². The van der Waals surface area contributed by atoms with Crippen LogP contribution in [0.25, 0.3) is 5.78 Å². The van der Waals surface area contributed by atoms with Crippen LogP contribution in [0.4, 0.5) is 8.78 Å². The summed E-state index contributed by atoms with van der Waals surface area (Å²) in [5, 5.41) is 4.12. The average Bonchev–Trinajstić information content (AvgIpc) is 3.13. The van der Waals surface area contributed by atoms with Crippen LogP contribution in [0.5, 0.6) is 5.75 Å². The lowest BCUT2D eigenvalue weighted by molar-refractivity contribution is -0.0641. The molecule has 29 heavy (non-hydrogen) atoms. The Labute approximate surface area is 179 Å². The molecule has 1 atom stereocenters. The first-order chi connectivity index (χ1) is 13.8. The minimum Gasteiger partial charge on any atom is -0.496 e. The summed E-state index contributed by atoms with van der Waals surface area (Å²) in [5.41, 5.74) is 1.59. The highest BCUT2D eigenvalue weighted by molar-refractivity contribution is 14.1. The maximum absolute atomic E-state index is 14.6. The molecule has 2 aromatic heterocycles. The molecule has 0 aliphatic carbocycles. The largest absolute Gasteiger partial charge is 0.496 e. The highest BCUT2D eigenvalue weighted by atomic mass is 127. The van der Waals surface area contributed by atoms with E-state index < -0.39 is 24.3 Å². The fraction of sp³-hybridized carbons (Fsp3) is 0.368. The number of piperidine rings is 1. The number of methoxy groups -OCH3 is 1. The maximum atomic E-state index is 14.6. The van der Waals surface area contributed by atoms with Gasteiger partial charge in [-0.1, -0.05) is 0 Å². The minimum absolute atomic E-state index is 0.162. The molecule has 1 aromatic carbocycles. The molecular weight excluding hydrogens is 495 g/mol. The Morgan fingerprint density at radius 3 is 2.86 bits per heavy atom. The van der Waals surface area contributed by atoms with Gasteiger partial charge in [-0.05, 0) is 53.8 Å². The number of carbonyl (C=O) groups excluding carboxylic acids is 1. The van der Waals surface area contributed by atoms with Gasteiger partial charge in [0.1, 0.15) is 12.1 Å². The van der Waals surface area contributed by atoms with E-state index in [-0.39, 0.29) is 13.0 Å². The van der Waals surface area contributed by atoms with Gasteiger partial charge in [-0.25, -0.2) is 18.3 Å². The number of aromatic nitrogens is 4. The summed E-state index contributed by atoms with van der Waals surface area (Å²) in [6, 6.07) is 6.64. The molecule has 1 amide bonds. The van der Waals surface area contributed by atoms with Crippen LogP contribution in [0.2, 0.25) is 0 Å². The predicted octanol–water partition coefficient (Wildman–Crippen LogP) is 3.31. The highest BCUT2D eigenvalue weighted by Gasteiger charge is 2.43. The SMILES string of the molecule is COc1ccc(C(=O)N2CC(c3cc(C)nc4ncnn34)CC(F)(F)C2)cc1I. The summed E-state index contributed by atoms with van der Waals surface area (Å²) in [7, 11) is 1.54. The van der Waals surface area contributed by atoms with E-state index in [0.717, 1.165) is 3.57 Å². The van der Waals surface area contributed by atoms with Gasteiger partial charge in [0.25, 0.3) is 17.6 Å². The van der Waals surface area contributed by atoms with Crippen molar-refractivity contribution in [2.45, 2.75) is 25.2 Å². The molecule has 1 unspecified atom stereocenters. The number of carbonyl (C=O) groups is 1. The van der Waals surface area contributed by atoms with E-state index in [4.69, 9.17) is 4.74 Å². The second-order valence-corrected chi connectivity index (χ2v) is 8.25. The second kappa shape index (κ2) is 7.47.